The maximum Gasteiger partial charge on any atom is 0.323 e. The lowest BCUT2D eigenvalue weighted by Crippen LogP contribution is -2.48. The molecular formula is C24H24FN5O3S. The van der Waals surface area contributed by atoms with Gasteiger partial charge in [-0.1, -0.05) is 30.3 Å². The molecule has 1 aromatic heterocycles. The highest BCUT2D eigenvalue weighted by Crippen LogP contribution is 2.48. The van der Waals surface area contributed by atoms with Gasteiger partial charge in [0.05, 0.1) is 30.0 Å². The monoisotopic (exact) mass is 481 g/mol. The topological polar surface area (TPSA) is 95.5 Å². The van der Waals surface area contributed by atoms with E-state index in [0.717, 1.165) is 11.8 Å². The van der Waals surface area contributed by atoms with Gasteiger partial charge in [0, 0.05) is 30.6 Å². The molecule has 10 heteroatoms. The maximum absolute atomic E-state index is 14.1. The molecule has 0 radical (unpaired) electrons. The van der Waals surface area contributed by atoms with E-state index in [-0.39, 0.29) is 12.6 Å². The van der Waals surface area contributed by atoms with Gasteiger partial charge in [0.2, 0.25) is 10.0 Å². The molecule has 1 N–H and O–H groups in total. The predicted molar refractivity (Wildman–Crippen MR) is 128 cm³/mol. The summed E-state index contributed by atoms with van der Waals surface area (Å²) in [5.41, 5.74) is 2.34. The number of fused-ring (bicyclic) bond motifs is 2. The van der Waals surface area contributed by atoms with Crippen LogP contribution in [0.4, 0.5) is 20.7 Å². The number of anilines is 2. The Morgan fingerprint density at radius 1 is 1.06 bits per heavy atom. The molecule has 2 aliphatic rings. The van der Waals surface area contributed by atoms with Crippen molar-refractivity contribution < 1.29 is 17.6 Å². The number of urea groups is 1. The number of aromatic nitrogens is 2. The zero-order chi connectivity index (χ0) is 23.9. The summed E-state index contributed by atoms with van der Waals surface area (Å²) in [6.07, 6.45) is 5.35. The number of carbonyl (C=O) groups is 1. The number of halogens is 1. The summed E-state index contributed by atoms with van der Waals surface area (Å²) in [6, 6.07) is 13.6. The van der Waals surface area contributed by atoms with Crippen LogP contribution >= 0.6 is 0 Å². The van der Waals surface area contributed by atoms with Gasteiger partial charge in [0.15, 0.2) is 5.82 Å². The highest BCUT2D eigenvalue weighted by Gasteiger charge is 2.47. The summed E-state index contributed by atoms with van der Waals surface area (Å²) in [5, 5.41) is 2.78. The number of amides is 2. The van der Waals surface area contributed by atoms with E-state index in [9.17, 15) is 17.6 Å². The SMILES string of the molecule is CS(=O)(=O)N1CC2(CCN(C(=O)Nc3cnc(-c4ccccc4)cn3)CC2)c2cc(F)ccc21. The third-order valence-corrected chi connectivity index (χ3v) is 7.74. The van der Waals surface area contributed by atoms with Crippen molar-refractivity contribution in [2.24, 2.45) is 0 Å². The van der Waals surface area contributed by atoms with Gasteiger partial charge in [-0.05, 0) is 36.6 Å². The number of likely N-dealkylation sites (tertiary alicyclic amines) is 1. The Labute approximate surface area is 197 Å². The predicted octanol–water partition coefficient (Wildman–Crippen LogP) is 3.63. The Balaban J connectivity index is 1.27. The number of sulfonamides is 1. The minimum atomic E-state index is -3.50. The summed E-state index contributed by atoms with van der Waals surface area (Å²) >= 11 is 0. The second-order valence-electron chi connectivity index (χ2n) is 8.78. The molecule has 176 valence electrons. The average molecular weight is 482 g/mol. The molecule has 2 aliphatic heterocycles. The molecule has 0 bridgehead atoms. The fraction of sp³-hybridized carbons (Fsp3) is 0.292. The first-order valence-electron chi connectivity index (χ1n) is 11.0. The molecule has 2 amide bonds. The van der Waals surface area contributed by atoms with Gasteiger partial charge < -0.3 is 4.90 Å². The Morgan fingerprint density at radius 2 is 1.79 bits per heavy atom. The lowest BCUT2D eigenvalue weighted by molar-refractivity contribution is 0.173. The van der Waals surface area contributed by atoms with E-state index in [2.05, 4.69) is 15.3 Å². The number of rotatable bonds is 3. The van der Waals surface area contributed by atoms with Crippen LogP contribution in [0.5, 0.6) is 0 Å². The van der Waals surface area contributed by atoms with E-state index in [1.54, 1.807) is 11.1 Å². The second kappa shape index (κ2) is 8.35. The van der Waals surface area contributed by atoms with Gasteiger partial charge >= 0.3 is 6.03 Å². The van der Waals surface area contributed by atoms with E-state index in [0.29, 0.717) is 48.7 Å². The zero-order valence-electron chi connectivity index (χ0n) is 18.6. The van der Waals surface area contributed by atoms with Crippen LogP contribution in [0.3, 0.4) is 0 Å². The molecule has 34 heavy (non-hydrogen) atoms. The van der Waals surface area contributed by atoms with Crippen molar-refractivity contribution in [2.75, 3.05) is 35.5 Å². The molecule has 0 aliphatic carbocycles. The molecule has 1 fully saturated rings. The summed E-state index contributed by atoms with van der Waals surface area (Å²) < 4.78 is 40.1. The third kappa shape index (κ3) is 4.09. The van der Waals surface area contributed by atoms with Gasteiger partial charge in [-0.3, -0.25) is 14.6 Å². The van der Waals surface area contributed by atoms with E-state index in [1.807, 2.05) is 30.3 Å². The van der Waals surface area contributed by atoms with Crippen molar-refractivity contribution in [1.82, 2.24) is 14.9 Å². The Hall–Kier alpha value is -3.53. The molecule has 2 aromatic carbocycles. The molecule has 1 spiro atoms. The minimum Gasteiger partial charge on any atom is -0.324 e. The number of nitrogens with zero attached hydrogens (tertiary/aromatic N) is 4. The van der Waals surface area contributed by atoms with E-state index < -0.39 is 21.3 Å². The molecule has 0 unspecified atom stereocenters. The van der Waals surface area contributed by atoms with E-state index >= 15 is 0 Å². The number of hydrogen-bond donors (Lipinski definition) is 1. The van der Waals surface area contributed by atoms with Crippen LogP contribution in [0.1, 0.15) is 18.4 Å². The molecular weight excluding hydrogens is 457 g/mol. The normalized spacial score (nSPS) is 17.0. The molecule has 0 atom stereocenters. The summed E-state index contributed by atoms with van der Waals surface area (Å²) in [7, 11) is -3.50. The number of hydrogen-bond acceptors (Lipinski definition) is 5. The fourth-order valence-electron chi connectivity index (χ4n) is 4.80. The quantitative estimate of drug-likeness (QED) is 0.616. The largest absolute Gasteiger partial charge is 0.324 e. The van der Waals surface area contributed by atoms with E-state index in [1.165, 1.54) is 28.7 Å². The van der Waals surface area contributed by atoms with Crippen LogP contribution in [0.2, 0.25) is 0 Å². The van der Waals surface area contributed by atoms with Crippen LogP contribution in [0.15, 0.2) is 60.9 Å². The molecule has 3 heterocycles. The minimum absolute atomic E-state index is 0.256. The van der Waals surface area contributed by atoms with Gasteiger partial charge in [0.1, 0.15) is 5.82 Å². The Bertz CT molecular complexity index is 1320. The first-order chi connectivity index (χ1) is 16.2. The number of nitrogens with one attached hydrogen (secondary N) is 1. The number of carbonyl (C=O) groups excluding carboxylic acids is 1. The van der Waals surface area contributed by atoms with Crippen molar-refractivity contribution in [3.63, 3.8) is 0 Å². The summed E-state index contributed by atoms with van der Waals surface area (Å²) in [6.45, 7) is 1.08. The number of benzene rings is 2. The first-order valence-corrected chi connectivity index (χ1v) is 12.8. The second-order valence-corrected chi connectivity index (χ2v) is 10.7. The van der Waals surface area contributed by atoms with Gasteiger partial charge in [-0.15, -0.1) is 0 Å². The standard InChI is InChI=1S/C24H24FN5O3S/c1-34(32,33)30-16-24(19-13-18(25)7-8-21(19)30)9-11-29(12-10-24)23(31)28-22-15-26-20(14-27-22)17-5-3-2-4-6-17/h2-8,13-15H,9-12,16H2,1H3,(H,27,28,31). The highest BCUT2D eigenvalue weighted by molar-refractivity contribution is 7.92. The highest BCUT2D eigenvalue weighted by atomic mass is 32.2. The Kier molecular flexibility index (Phi) is 5.47. The van der Waals surface area contributed by atoms with Crippen molar-refractivity contribution in [1.29, 1.82) is 0 Å². The maximum atomic E-state index is 14.1. The summed E-state index contributed by atoms with van der Waals surface area (Å²) in [4.78, 5) is 23.2. The van der Waals surface area contributed by atoms with Crippen LogP contribution in [0.25, 0.3) is 11.3 Å². The zero-order valence-corrected chi connectivity index (χ0v) is 19.4. The number of piperidine rings is 1. The van der Waals surface area contributed by atoms with Crippen molar-refractivity contribution in [3.05, 3.63) is 72.3 Å². The van der Waals surface area contributed by atoms with Crippen molar-refractivity contribution in [3.8, 4) is 11.3 Å². The average Bonchev–Trinajstić information content (AvgIpc) is 3.14. The smallest absolute Gasteiger partial charge is 0.323 e. The fourth-order valence-corrected chi connectivity index (χ4v) is 5.79. The first kappa shape index (κ1) is 22.3. The van der Waals surface area contributed by atoms with Crippen LogP contribution in [0, 0.1) is 5.82 Å². The molecule has 3 aromatic rings. The molecule has 5 rings (SSSR count). The van der Waals surface area contributed by atoms with Crippen LogP contribution in [-0.4, -0.2) is 55.2 Å². The summed E-state index contributed by atoms with van der Waals surface area (Å²) in [5.74, 6) is -0.0484. The lowest BCUT2D eigenvalue weighted by atomic mass is 9.74. The lowest BCUT2D eigenvalue weighted by Gasteiger charge is -2.39. The van der Waals surface area contributed by atoms with E-state index in [4.69, 9.17) is 0 Å². The van der Waals surface area contributed by atoms with Crippen molar-refractivity contribution in [2.45, 2.75) is 18.3 Å². The molecule has 0 saturated carbocycles. The third-order valence-electron chi connectivity index (χ3n) is 6.61. The van der Waals surface area contributed by atoms with Gasteiger partial charge in [-0.25, -0.2) is 22.6 Å². The van der Waals surface area contributed by atoms with Gasteiger partial charge in [0.25, 0.3) is 0 Å². The Morgan fingerprint density at radius 3 is 2.44 bits per heavy atom. The van der Waals surface area contributed by atoms with Gasteiger partial charge in [-0.2, -0.15) is 0 Å². The van der Waals surface area contributed by atoms with Crippen LogP contribution in [-0.2, 0) is 15.4 Å². The van der Waals surface area contributed by atoms with Crippen LogP contribution < -0.4 is 9.62 Å². The molecule has 8 nitrogen and oxygen atoms in total. The van der Waals surface area contributed by atoms with Crippen molar-refractivity contribution >= 4 is 27.6 Å². The molecule has 1 saturated heterocycles.